The molecule has 0 radical (unpaired) electrons. The molecule has 0 unspecified atom stereocenters. The van der Waals surface area contributed by atoms with Gasteiger partial charge in [-0.05, 0) is 44.0 Å². The zero-order valence-electron chi connectivity index (χ0n) is 14.3. The first-order chi connectivity index (χ1) is 11.6. The van der Waals surface area contributed by atoms with Gasteiger partial charge in [-0.1, -0.05) is 6.42 Å². The second-order valence-corrected chi connectivity index (χ2v) is 7.70. The predicted molar refractivity (Wildman–Crippen MR) is 95.6 cm³/mol. The summed E-state index contributed by atoms with van der Waals surface area (Å²) in [5.41, 5.74) is 1.21. The molecule has 3 rings (SSSR count). The first kappa shape index (κ1) is 17.0. The van der Waals surface area contributed by atoms with Crippen LogP contribution in [-0.4, -0.2) is 45.3 Å². The summed E-state index contributed by atoms with van der Waals surface area (Å²) in [4.78, 5) is 26.6. The lowest BCUT2D eigenvalue weighted by atomic mass is 10.00. The molecule has 0 aliphatic carbocycles. The van der Waals surface area contributed by atoms with Crippen LogP contribution in [0.5, 0.6) is 0 Å². The fourth-order valence-corrected chi connectivity index (χ4v) is 4.08. The van der Waals surface area contributed by atoms with Crippen molar-refractivity contribution in [2.24, 2.45) is 0 Å². The molecule has 0 spiro atoms. The molecule has 1 aliphatic rings. The standard InChI is InChI=1S/C18H24N4OS/c1-14-20-11-16(24-14)13-21(2)18(23)17-5-3-4-10-22(17)12-15-6-8-19-9-7-15/h6-9,11,17H,3-5,10,12-13H2,1-2H3/t17-/m1/s1. The highest BCUT2D eigenvalue weighted by Gasteiger charge is 2.30. The molecule has 2 aromatic heterocycles. The molecule has 0 saturated carbocycles. The number of hydrogen-bond donors (Lipinski definition) is 0. The van der Waals surface area contributed by atoms with Gasteiger partial charge < -0.3 is 4.90 Å². The number of carbonyl (C=O) groups excluding carboxylic acids is 1. The van der Waals surface area contributed by atoms with E-state index in [-0.39, 0.29) is 11.9 Å². The summed E-state index contributed by atoms with van der Waals surface area (Å²) in [6.07, 6.45) is 8.72. The number of nitrogens with zero attached hydrogens (tertiary/aromatic N) is 4. The Kier molecular flexibility index (Phi) is 5.58. The Morgan fingerprint density at radius 3 is 2.88 bits per heavy atom. The zero-order chi connectivity index (χ0) is 16.9. The van der Waals surface area contributed by atoms with Gasteiger partial charge in [-0.25, -0.2) is 4.98 Å². The molecule has 5 nitrogen and oxygen atoms in total. The molecule has 0 N–H and O–H groups in total. The number of hydrogen-bond acceptors (Lipinski definition) is 5. The second kappa shape index (κ2) is 7.85. The van der Waals surface area contributed by atoms with Crippen molar-refractivity contribution in [2.45, 2.75) is 45.3 Å². The van der Waals surface area contributed by atoms with Crippen LogP contribution in [-0.2, 0) is 17.9 Å². The molecule has 2 aromatic rings. The topological polar surface area (TPSA) is 49.3 Å². The van der Waals surface area contributed by atoms with Gasteiger partial charge in [0.25, 0.3) is 0 Å². The lowest BCUT2D eigenvalue weighted by Crippen LogP contribution is -2.49. The smallest absolute Gasteiger partial charge is 0.240 e. The van der Waals surface area contributed by atoms with E-state index in [4.69, 9.17) is 0 Å². The minimum Gasteiger partial charge on any atom is -0.339 e. The highest BCUT2D eigenvalue weighted by atomic mass is 32.1. The number of thiazole rings is 1. The maximum atomic E-state index is 13.0. The summed E-state index contributed by atoms with van der Waals surface area (Å²) in [6.45, 7) is 4.43. The largest absolute Gasteiger partial charge is 0.339 e. The normalized spacial score (nSPS) is 18.5. The van der Waals surface area contributed by atoms with Crippen molar-refractivity contribution >= 4 is 17.2 Å². The maximum absolute atomic E-state index is 13.0. The molecule has 0 bridgehead atoms. The fourth-order valence-electron chi connectivity index (χ4n) is 3.23. The molecule has 128 valence electrons. The molecule has 1 fully saturated rings. The lowest BCUT2D eigenvalue weighted by molar-refractivity contribution is -0.137. The Bertz CT molecular complexity index is 673. The monoisotopic (exact) mass is 344 g/mol. The van der Waals surface area contributed by atoms with Gasteiger partial charge in [-0.15, -0.1) is 11.3 Å². The van der Waals surface area contributed by atoms with Gasteiger partial charge in [0.05, 0.1) is 17.6 Å². The zero-order valence-corrected chi connectivity index (χ0v) is 15.1. The molecule has 3 heterocycles. The molecule has 24 heavy (non-hydrogen) atoms. The number of carbonyl (C=O) groups is 1. The van der Waals surface area contributed by atoms with E-state index in [1.54, 1.807) is 11.3 Å². The summed E-state index contributed by atoms with van der Waals surface area (Å²) in [5.74, 6) is 0.217. The Morgan fingerprint density at radius 2 is 2.17 bits per heavy atom. The molecule has 1 atom stereocenters. The number of piperidine rings is 1. The van der Waals surface area contributed by atoms with Gasteiger partial charge in [0.15, 0.2) is 0 Å². The van der Waals surface area contributed by atoms with Crippen molar-refractivity contribution in [2.75, 3.05) is 13.6 Å². The van der Waals surface area contributed by atoms with E-state index in [1.165, 1.54) is 5.56 Å². The van der Waals surface area contributed by atoms with Crippen molar-refractivity contribution < 1.29 is 4.79 Å². The molecule has 1 amide bonds. The number of pyridine rings is 1. The van der Waals surface area contributed by atoms with Crippen LogP contribution in [0.1, 0.15) is 34.7 Å². The van der Waals surface area contributed by atoms with Crippen molar-refractivity contribution in [3.63, 3.8) is 0 Å². The average molecular weight is 344 g/mol. The third-order valence-electron chi connectivity index (χ3n) is 4.47. The Hall–Kier alpha value is -1.79. The van der Waals surface area contributed by atoms with Crippen LogP contribution in [0.3, 0.4) is 0 Å². The first-order valence-electron chi connectivity index (χ1n) is 8.43. The minimum atomic E-state index is -0.0223. The van der Waals surface area contributed by atoms with E-state index in [0.29, 0.717) is 6.54 Å². The molecular formula is C18H24N4OS. The lowest BCUT2D eigenvalue weighted by Gasteiger charge is -2.36. The van der Waals surface area contributed by atoms with Gasteiger partial charge >= 0.3 is 0 Å². The molecule has 0 aromatic carbocycles. The SMILES string of the molecule is Cc1ncc(CN(C)C(=O)[C@H]2CCCCN2Cc2ccncc2)s1. The Labute approximate surface area is 147 Å². The molecule has 1 aliphatic heterocycles. The van der Waals surface area contributed by atoms with Crippen molar-refractivity contribution in [1.82, 2.24) is 19.8 Å². The number of likely N-dealkylation sites (N-methyl/N-ethyl adjacent to an activating group) is 1. The number of aromatic nitrogens is 2. The molecule has 6 heteroatoms. The number of likely N-dealkylation sites (tertiary alicyclic amines) is 1. The maximum Gasteiger partial charge on any atom is 0.240 e. The van der Waals surface area contributed by atoms with Crippen LogP contribution in [0.2, 0.25) is 0 Å². The highest BCUT2D eigenvalue weighted by Crippen LogP contribution is 2.22. The summed E-state index contributed by atoms with van der Waals surface area (Å²) < 4.78 is 0. The van der Waals surface area contributed by atoms with Crippen LogP contribution >= 0.6 is 11.3 Å². The third-order valence-corrected chi connectivity index (χ3v) is 5.37. The Morgan fingerprint density at radius 1 is 1.38 bits per heavy atom. The summed E-state index contributed by atoms with van der Waals surface area (Å²) in [7, 11) is 1.90. The van der Waals surface area contributed by atoms with Crippen molar-refractivity contribution in [3.05, 3.63) is 46.2 Å². The van der Waals surface area contributed by atoms with E-state index < -0.39 is 0 Å². The van der Waals surface area contributed by atoms with Gasteiger partial charge in [0.1, 0.15) is 0 Å². The third kappa shape index (κ3) is 4.19. The van der Waals surface area contributed by atoms with Crippen LogP contribution in [0.25, 0.3) is 0 Å². The number of rotatable bonds is 5. The van der Waals surface area contributed by atoms with Gasteiger partial charge in [-0.3, -0.25) is 14.7 Å². The minimum absolute atomic E-state index is 0.0223. The summed E-state index contributed by atoms with van der Waals surface area (Å²) in [6, 6.07) is 4.03. The predicted octanol–water partition coefficient (Wildman–Crippen LogP) is 2.86. The average Bonchev–Trinajstić information content (AvgIpc) is 3.00. The van der Waals surface area contributed by atoms with Gasteiger partial charge in [0, 0.05) is 37.1 Å². The quantitative estimate of drug-likeness (QED) is 0.837. The van der Waals surface area contributed by atoms with Crippen LogP contribution < -0.4 is 0 Å². The summed E-state index contributed by atoms with van der Waals surface area (Å²) >= 11 is 1.66. The van der Waals surface area contributed by atoms with Crippen LogP contribution in [0.4, 0.5) is 0 Å². The number of aryl methyl sites for hydroxylation is 1. The van der Waals surface area contributed by atoms with E-state index in [2.05, 4.69) is 14.9 Å². The number of amides is 1. The van der Waals surface area contributed by atoms with E-state index in [1.807, 2.05) is 49.6 Å². The summed E-state index contributed by atoms with van der Waals surface area (Å²) in [5, 5.41) is 1.04. The molecular weight excluding hydrogens is 320 g/mol. The Balaban J connectivity index is 1.66. The van der Waals surface area contributed by atoms with Crippen molar-refractivity contribution in [1.29, 1.82) is 0 Å². The van der Waals surface area contributed by atoms with Crippen LogP contribution in [0, 0.1) is 6.92 Å². The van der Waals surface area contributed by atoms with Gasteiger partial charge in [-0.2, -0.15) is 0 Å². The second-order valence-electron chi connectivity index (χ2n) is 6.38. The van der Waals surface area contributed by atoms with Crippen LogP contribution in [0.15, 0.2) is 30.7 Å². The van der Waals surface area contributed by atoms with E-state index in [9.17, 15) is 4.79 Å². The molecule has 1 saturated heterocycles. The fraction of sp³-hybridized carbons (Fsp3) is 0.500. The first-order valence-corrected chi connectivity index (χ1v) is 9.24. The van der Waals surface area contributed by atoms with Crippen molar-refractivity contribution in [3.8, 4) is 0 Å². The van der Waals surface area contributed by atoms with E-state index in [0.717, 1.165) is 42.2 Å². The van der Waals surface area contributed by atoms with Gasteiger partial charge in [0.2, 0.25) is 5.91 Å². The highest BCUT2D eigenvalue weighted by molar-refractivity contribution is 7.11. The van der Waals surface area contributed by atoms with E-state index >= 15 is 0 Å².